The molecule has 0 aromatic heterocycles. The summed E-state index contributed by atoms with van der Waals surface area (Å²) in [5.41, 5.74) is 7.03. The van der Waals surface area contributed by atoms with Gasteiger partial charge in [0, 0.05) is 12.2 Å². The van der Waals surface area contributed by atoms with Gasteiger partial charge in [0.25, 0.3) is 0 Å². The van der Waals surface area contributed by atoms with E-state index < -0.39 is 20.7 Å². The Bertz CT molecular complexity index is 659. The van der Waals surface area contributed by atoms with Gasteiger partial charge in [-0.2, -0.15) is 0 Å². The molecule has 0 saturated heterocycles. The maximum absolute atomic E-state index is 13.9. The summed E-state index contributed by atoms with van der Waals surface area (Å²) >= 11 is 2.96. The number of hydrogen-bond donors (Lipinski definition) is 2. The lowest BCUT2D eigenvalue weighted by Gasteiger charge is -2.13. The highest BCUT2D eigenvalue weighted by atomic mass is 79.9. The van der Waals surface area contributed by atoms with Gasteiger partial charge in [0.2, 0.25) is 10.0 Å². The Hall–Kier alpha value is -0.920. The lowest BCUT2D eigenvalue weighted by molar-refractivity contribution is 0.553. The molecule has 116 valence electrons. The highest BCUT2D eigenvalue weighted by molar-refractivity contribution is 9.10. The summed E-state index contributed by atoms with van der Waals surface area (Å²) in [4.78, 5) is -0.424. The Morgan fingerprint density at radius 1 is 1.33 bits per heavy atom. The number of sulfonamides is 1. The van der Waals surface area contributed by atoms with Gasteiger partial charge in [-0.1, -0.05) is 11.6 Å². The van der Waals surface area contributed by atoms with Crippen LogP contribution in [0.3, 0.4) is 0 Å². The molecule has 2 rings (SSSR count). The summed E-state index contributed by atoms with van der Waals surface area (Å²) < 4.78 is 40.7. The van der Waals surface area contributed by atoms with Crippen molar-refractivity contribution in [2.45, 2.75) is 37.0 Å². The van der Waals surface area contributed by atoms with Crippen LogP contribution in [0.2, 0.25) is 0 Å². The zero-order chi connectivity index (χ0) is 15.5. The number of nitrogen functional groups attached to an aromatic ring is 1. The second kappa shape index (κ2) is 6.89. The van der Waals surface area contributed by atoms with E-state index in [4.69, 9.17) is 5.73 Å². The summed E-state index contributed by atoms with van der Waals surface area (Å²) in [6, 6.07) is 2.46. The first kappa shape index (κ1) is 16.5. The third-order valence-electron chi connectivity index (χ3n) is 3.43. The molecular formula is C14H18BrFN2O2S. The average molecular weight is 377 g/mol. The predicted octanol–water partition coefficient (Wildman–Crippen LogP) is 3.34. The van der Waals surface area contributed by atoms with Crippen LogP contribution in [0.4, 0.5) is 10.1 Å². The fourth-order valence-electron chi connectivity index (χ4n) is 2.33. The molecule has 1 aliphatic carbocycles. The quantitative estimate of drug-likeness (QED) is 0.611. The van der Waals surface area contributed by atoms with E-state index in [1.165, 1.54) is 18.1 Å². The Labute approximate surface area is 132 Å². The zero-order valence-electron chi connectivity index (χ0n) is 11.5. The lowest BCUT2D eigenvalue weighted by Crippen LogP contribution is -2.26. The van der Waals surface area contributed by atoms with E-state index in [0.29, 0.717) is 6.42 Å². The number of allylic oxidation sites excluding steroid dienone is 1. The number of nitrogens with two attached hydrogens (primary N) is 1. The maximum atomic E-state index is 13.9. The second-order valence-electron chi connectivity index (χ2n) is 5.07. The van der Waals surface area contributed by atoms with Crippen LogP contribution in [0.5, 0.6) is 0 Å². The van der Waals surface area contributed by atoms with Gasteiger partial charge in [0.15, 0.2) is 5.82 Å². The van der Waals surface area contributed by atoms with Gasteiger partial charge in [-0.25, -0.2) is 17.5 Å². The Morgan fingerprint density at radius 2 is 2.10 bits per heavy atom. The Kier molecular flexibility index (Phi) is 5.40. The summed E-state index contributed by atoms with van der Waals surface area (Å²) in [5.74, 6) is -0.825. The molecule has 7 heteroatoms. The van der Waals surface area contributed by atoms with E-state index in [1.807, 2.05) is 0 Å². The number of hydrogen-bond acceptors (Lipinski definition) is 3. The van der Waals surface area contributed by atoms with Gasteiger partial charge in [-0.15, -0.1) is 0 Å². The van der Waals surface area contributed by atoms with Crippen LogP contribution in [0.15, 0.2) is 33.2 Å². The first-order chi connectivity index (χ1) is 9.90. The second-order valence-corrected chi connectivity index (χ2v) is 7.66. The topological polar surface area (TPSA) is 72.2 Å². The van der Waals surface area contributed by atoms with Crippen LogP contribution in [0.1, 0.15) is 32.1 Å². The van der Waals surface area contributed by atoms with Crippen LogP contribution < -0.4 is 10.5 Å². The Morgan fingerprint density at radius 3 is 2.76 bits per heavy atom. The van der Waals surface area contributed by atoms with Crippen LogP contribution in [0.25, 0.3) is 0 Å². The van der Waals surface area contributed by atoms with Crippen molar-refractivity contribution in [2.24, 2.45) is 0 Å². The normalized spacial score (nSPS) is 15.8. The van der Waals surface area contributed by atoms with Gasteiger partial charge in [0.1, 0.15) is 4.90 Å². The fraction of sp³-hybridized carbons (Fsp3) is 0.429. The maximum Gasteiger partial charge on any atom is 0.243 e. The number of rotatable bonds is 5. The van der Waals surface area contributed by atoms with Crippen molar-refractivity contribution >= 4 is 31.6 Å². The minimum absolute atomic E-state index is 0.0397. The van der Waals surface area contributed by atoms with Crippen molar-refractivity contribution in [1.82, 2.24) is 4.72 Å². The number of anilines is 1. The number of nitrogens with one attached hydrogen (secondary N) is 1. The number of halogens is 2. The summed E-state index contributed by atoms with van der Waals surface area (Å²) in [5, 5.41) is 0. The third-order valence-corrected chi connectivity index (χ3v) is 5.47. The molecule has 0 amide bonds. The first-order valence-electron chi connectivity index (χ1n) is 6.82. The minimum atomic E-state index is -3.90. The van der Waals surface area contributed by atoms with E-state index in [2.05, 4.69) is 26.7 Å². The molecule has 3 N–H and O–H groups in total. The van der Waals surface area contributed by atoms with Crippen LogP contribution >= 0.6 is 15.9 Å². The van der Waals surface area contributed by atoms with Crippen LogP contribution in [0, 0.1) is 5.82 Å². The van der Waals surface area contributed by atoms with E-state index in [-0.39, 0.29) is 16.7 Å². The molecule has 1 aromatic rings. The van der Waals surface area contributed by atoms with Gasteiger partial charge >= 0.3 is 0 Å². The van der Waals surface area contributed by atoms with Crippen molar-refractivity contribution in [3.63, 3.8) is 0 Å². The summed E-state index contributed by atoms with van der Waals surface area (Å²) in [7, 11) is -3.90. The highest BCUT2D eigenvalue weighted by Gasteiger charge is 2.21. The molecule has 0 bridgehead atoms. The van der Waals surface area contributed by atoms with E-state index in [9.17, 15) is 12.8 Å². The number of benzene rings is 1. The standard InChI is InChI=1S/C14H18BrFN2O2S/c15-12-8-11(17)9-13(14(12)16)21(19,20)18-7-6-10-4-2-1-3-5-10/h4,8-9,18H,1-3,5-7,17H2. The van der Waals surface area contributed by atoms with Gasteiger partial charge in [-0.05, 0) is 60.2 Å². The van der Waals surface area contributed by atoms with E-state index in [0.717, 1.165) is 25.3 Å². The first-order valence-corrected chi connectivity index (χ1v) is 9.10. The van der Waals surface area contributed by atoms with E-state index in [1.54, 1.807) is 0 Å². The molecule has 0 fully saturated rings. The van der Waals surface area contributed by atoms with Crippen LogP contribution in [-0.2, 0) is 10.0 Å². The summed E-state index contributed by atoms with van der Waals surface area (Å²) in [6.07, 6.45) is 7.23. The lowest BCUT2D eigenvalue weighted by atomic mass is 9.97. The predicted molar refractivity (Wildman–Crippen MR) is 84.9 cm³/mol. The Balaban J connectivity index is 2.06. The van der Waals surface area contributed by atoms with Gasteiger partial charge < -0.3 is 5.73 Å². The zero-order valence-corrected chi connectivity index (χ0v) is 13.9. The molecule has 1 aliphatic rings. The van der Waals surface area contributed by atoms with E-state index >= 15 is 0 Å². The molecule has 21 heavy (non-hydrogen) atoms. The molecule has 0 spiro atoms. The fourth-order valence-corrected chi connectivity index (χ4v) is 4.11. The van der Waals surface area contributed by atoms with Crippen molar-refractivity contribution < 1.29 is 12.8 Å². The molecule has 0 unspecified atom stereocenters. The molecule has 4 nitrogen and oxygen atoms in total. The molecule has 0 radical (unpaired) electrons. The third kappa shape index (κ3) is 4.28. The molecule has 0 atom stereocenters. The molecule has 0 saturated carbocycles. The van der Waals surface area contributed by atoms with Gasteiger partial charge in [0.05, 0.1) is 4.47 Å². The minimum Gasteiger partial charge on any atom is -0.399 e. The monoisotopic (exact) mass is 376 g/mol. The van der Waals surface area contributed by atoms with Crippen molar-refractivity contribution in [2.75, 3.05) is 12.3 Å². The smallest absolute Gasteiger partial charge is 0.243 e. The average Bonchev–Trinajstić information content (AvgIpc) is 2.43. The van der Waals surface area contributed by atoms with Crippen molar-refractivity contribution in [1.29, 1.82) is 0 Å². The van der Waals surface area contributed by atoms with Crippen molar-refractivity contribution in [3.8, 4) is 0 Å². The molecule has 0 aliphatic heterocycles. The van der Waals surface area contributed by atoms with Gasteiger partial charge in [-0.3, -0.25) is 0 Å². The van der Waals surface area contributed by atoms with Crippen LogP contribution in [-0.4, -0.2) is 15.0 Å². The highest BCUT2D eigenvalue weighted by Crippen LogP contribution is 2.26. The summed E-state index contributed by atoms with van der Waals surface area (Å²) in [6.45, 7) is 0.264. The van der Waals surface area contributed by atoms with Crippen molar-refractivity contribution in [3.05, 3.63) is 34.1 Å². The molecule has 1 aromatic carbocycles. The largest absolute Gasteiger partial charge is 0.399 e. The molecular weight excluding hydrogens is 359 g/mol. The molecule has 0 heterocycles. The SMILES string of the molecule is Nc1cc(Br)c(F)c(S(=O)(=O)NCCC2=CCCCC2)c1.